The third-order valence-corrected chi connectivity index (χ3v) is 2.22. The minimum Gasteiger partial charge on any atom is -0.508 e. The normalized spacial score (nSPS) is 10.8. The first kappa shape index (κ1) is 9.42. The highest BCUT2D eigenvalue weighted by Crippen LogP contribution is 2.30. The SMILES string of the molecule is CSc1cc(O)ccc1N=CCl. The van der Waals surface area contributed by atoms with Crippen LogP contribution in [0.1, 0.15) is 0 Å². The number of aromatic hydroxyl groups is 1. The molecule has 0 bridgehead atoms. The van der Waals surface area contributed by atoms with E-state index in [1.807, 2.05) is 6.26 Å². The van der Waals surface area contributed by atoms with E-state index in [-0.39, 0.29) is 5.75 Å². The van der Waals surface area contributed by atoms with Crippen LogP contribution in [-0.2, 0) is 0 Å². The summed E-state index contributed by atoms with van der Waals surface area (Å²) >= 11 is 6.86. The zero-order valence-corrected chi connectivity index (χ0v) is 8.06. The Hall–Kier alpha value is -0.670. The molecule has 0 aliphatic carbocycles. The molecule has 12 heavy (non-hydrogen) atoms. The van der Waals surface area contributed by atoms with Crippen LogP contribution >= 0.6 is 23.4 Å². The van der Waals surface area contributed by atoms with Gasteiger partial charge in [0.15, 0.2) is 0 Å². The summed E-state index contributed by atoms with van der Waals surface area (Å²) in [6.07, 6.45) is 1.92. The Bertz CT molecular complexity index is 301. The minimum absolute atomic E-state index is 0.243. The van der Waals surface area contributed by atoms with E-state index in [1.54, 1.807) is 18.2 Å². The van der Waals surface area contributed by atoms with Gasteiger partial charge in [-0.25, -0.2) is 4.99 Å². The molecule has 0 radical (unpaired) electrons. The van der Waals surface area contributed by atoms with Crippen molar-refractivity contribution in [2.75, 3.05) is 6.26 Å². The number of rotatable bonds is 2. The predicted molar refractivity (Wildman–Crippen MR) is 53.9 cm³/mol. The second-order valence-corrected chi connectivity index (χ2v) is 3.13. The van der Waals surface area contributed by atoms with E-state index in [2.05, 4.69) is 4.99 Å². The van der Waals surface area contributed by atoms with Crippen LogP contribution < -0.4 is 0 Å². The summed E-state index contributed by atoms with van der Waals surface area (Å²) in [5, 5.41) is 9.14. The summed E-state index contributed by atoms with van der Waals surface area (Å²) in [5.74, 6) is 0.243. The molecule has 0 heterocycles. The molecule has 0 aliphatic heterocycles. The molecule has 0 atom stereocenters. The molecule has 0 aromatic heterocycles. The molecule has 0 fully saturated rings. The molecule has 0 aliphatic rings. The molecule has 1 rings (SSSR count). The maximum absolute atomic E-state index is 9.14. The maximum atomic E-state index is 9.14. The average Bonchev–Trinajstić information content (AvgIpc) is 2.08. The molecule has 0 amide bonds. The quantitative estimate of drug-likeness (QED) is 0.590. The van der Waals surface area contributed by atoms with Crippen LogP contribution in [0.2, 0.25) is 0 Å². The monoisotopic (exact) mass is 201 g/mol. The summed E-state index contributed by atoms with van der Waals surface area (Å²) in [6.45, 7) is 0. The third kappa shape index (κ3) is 2.16. The van der Waals surface area contributed by atoms with Gasteiger partial charge in [0.1, 0.15) is 5.75 Å². The van der Waals surface area contributed by atoms with Crippen molar-refractivity contribution in [1.82, 2.24) is 0 Å². The molecule has 1 aromatic carbocycles. The van der Waals surface area contributed by atoms with Crippen molar-refractivity contribution in [3.8, 4) is 5.75 Å². The predicted octanol–water partition coefficient (Wildman–Crippen LogP) is 3.01. The highest BCUT2D eigenvalue weighted by atomic mass is 35.5. The summed E-state index contributed by atoms with van der Waals surface area (Å²) in [4.78, 5) is 4.84. The number of phenols is 1. The summed E-state index contributed by atoms with van der Waals surface area (Å²) < 4.78 is 0. The van der Waals surface area contributed by atoms with E-state index in [4.69, 9.17) is 16.7 Å². The van der Waals surface area contributed by atoms with Gasteiger partial charge in [-0.2, -0.15) is 0 Å². The average molecular weight is 202 g/mol. The molecule has 2 nitrogen and oxygen atoms in total. The zero-order chi connectivity index (χ0) is 8.97. The Balaban J connectivity index is 3.10. The van der Waals surface area contributed by atoms with Crippen molar-refractivity contribution in [2.24, 2.45) is 4.99 Å². The lowest BCUT2D eigenvalue weighted by Crippen LogP contribution is -1.72. The lowest BCUT2D eigenvalue weighted by molar-refractivity contribution is 0.474. The molecule has 1 aromatic rings. The highest BCUT2D eigenvalue weighted by molar-refractivity contribution is 7.98. The van der Waals surface area contributed by atoms with E-state index in [1.165, 1.54) is 17.4 Å². The van der Waals surface area contributed by atoms with Crippen molar-refractivity contribution in [2.45, 2.75) is 4.90 Å². The Morgan fingerprint density at radius 1 is 1.58 bits per heavy atom. The summed E-state index contributed by atoms with van der Waals surface area (Å²) in [7, 11) is 0. The van der Waals surface area contributed by atoms with Gasteiger partial charge < -0.3 is 5.11 Å². The van der Waals surface area contributed by atoms with Gasteiger partial charge in [0.2, 0.25) is 0 Å². The number of benzene rings is 1. The fourth-order valence-corrected chi connectivity index (χ4v) is 1.50. The fraction of sp³-hybridized carbons (Fsp3) is 0.125. The number of phenolic OH excluding ortho intramolecular Hbond substituents is 1. The van der Waals surface area contributed by atoms with Crippen LogP contribution in [0.3, 0.4) is 0 Å². The largest absolute Gasteiger partial charge is 0.508 e. The van der Waals surface area contributed by atoms with Crippen molar-refractivity contribution in [1.29, 1.82) is 0 Å². The van der Waals surface area contributed by atoms with Crippen LogP contribution in [0.4, 0.5) is 5.69 Å². The van der Waals surface area contributed by atoms with Gasteiger partial charge >= 0.3 is 0 Å². The lowest BCUT2D eigenvalue weighted by atomic mass is 10.3. The van der Waals surface area contributed by atoms with E-state index in [9.17, 15) is 0 Å². The first-order valence-electron chi connectivity index (χ1n) is 3.27. The van der Waals surface area contributed by atoms with Gasteiger partial charge in [0.25, 0.3) is 0 Å². The second kappa shape index (κ2) is 4.38. The Labute approximate surface area is 80.3 Å². The molecule has 1 N–H and O–H groups in total. The Kier molecular flexibility index (Phi) is 3.44. The van der Waals surface area contributed by atoms with E-state index in [0.29, 0.717) is 0 Å². The second-order valence-electron chi connectivity index (χ2n) is 2.08. The maximum Gasteiger partial charge on any atom is 0.116 e. The molecule has 4 heteroatoms. The summed E-state index contributed by atoms with van der Waals surface area (Å²) in [5.41, 5.74) is 1.99. The minimum atomic E-state index is 0.243. The van der Waals surface area contributed by atoms with Crippen molar-refractivity contribution >= 4 is 34.7 Å². The van der Waals surface area contributed by atoms with Gasteiger partial charge in [-0.05, 0) is 24.5 Å². The van der Waals surface area contributed by atoms with Crippen LogP contribution in [0.5, 0.6) is 5.75 Å². The number of halogens is 1. The smallest absolute Gasteiger partial charge is 0.116 e. The molecule has 0 saturated carbocycles. The van der Waals surface area contributed by atoms with Gasteiger partial charge in [-0.3, -0.25) is 0 Å². The lowest BCUT2D eigenvalue weighted by Gasteiger charge is -2.01. The van der Waals surface area contributed by atoms with Crippen molar-refractivity contribution in [3.05, 3.63) is 18.2 Å². The molecule has 0 unspecified atom stereocenters. The van der Waals surface area contributed by atoms with Gasteiger partial charge in [-0.1, -0.05) is 11.6 Å². The fourth-order valence-electron chi connectivity index (χ4n) is 0.826. The molecule has 0 spiro atoms. The van der Waals surface area contributed by atoms with Crippen LogP contribution in [0.25, 0.3) is 0 Å². The first-order chi connectivity index (χ1) is 5.77. The first-order valence-corrected chi connectivity index (χ1v) is 4.94. The van der Waals surface area contributed by atoms with Gasteiger partial charge in [0.05, 0.1) is 11.4 Å². The topological polar surface area (TPSA) is 32.6 Å². The van der Waals surface area contributed by atoms with E-state index < -0.39 is 0 Å². The third-order valence-electron chi connectivity index (χ3n) is 1.35. The van der Waals surface area contributed by atoms with E-state index >= 15 is 0 Å². The van der Waals surface area contributed by atoms with Crippen LogP contribution in [0, 0.1) is 0 Å². The Morgan fingerprint density at radius 2 is 2.33 bits per heavy atom. The van der Waals surface area contributed by atoms with Crippen LogP contribution in [-0.4, -0.2) is 17.0 Å². The molecule has 64 valence electrons. The Morgan fingerprint density at radius 3 is 2.92 bits per heavy atom. The molecular formula is C8H8ClNOS. The van der Waals surface area contributed by atoms with Gasteiger partial charge in [0, 0.05) is 4.90 Å². The zero-order valence-electron chi connectivity index (χ0n) is 6.49. The van der Waals surface area contributed by atoms with Crippen molar-refractivity contribution < 1.29 is 5.11 Å². The standard InChI is InChI=1S/C8H8ClNOS/c1-12-8-4-6(11)2-3-7(8)10-5-9/h2-5,11H,1H3. The number of hydrogen-bond donors (Lipinski definition) is 1. The summed E-state index contributed by atoms with van der Waals surface area (Å²) in [6, 6.07) is 4.96. The highest BCUT2D eigenvalue weighted by Gasteiger charge is 1.99. The van der Waals surface area contributed by atoms with Gasteiger partial charge in [-0.15, -0.1) is 11.8 Å². The number of nitrogens with zero attached hydrogens (tertiary/aromatic N) is 1. The van der Waals surface area contributed by atoms with E-state index in [0.717, 1.165) is 10.6 Å². The van der Waals surface area contributed by atoms with Crippen LogP contribution in [0.15, 0.2) is 28.1 Å². The molecule has 0 saturated heterocycles. The van der Waals surface area contributed by atoms with Crippen molar-refractivity contribution in [3.63, 3.8) is 0 Å². The molecular weight excluding hydrogens is 194 g/mol. The number of hydrogen-bond acceptors (Lipinski definition) is 3. The number of aliphatic imine (C=N–C) groups is 1. The number of thioether (sulfide) groups is 1.